The number of hydrogen-bond acceptors (Lipinski definition) is 6. The summed E-state index contributed by atoms with van der Waals surface area (Å²) in [5, 5.41) is 5.22. The molecule has 2 rings (SSSR count). The van der Waals surface area contributed by atoms with Crippen LogP contribution in [0.15, 0.2) is 42.5 Å². The average Bonchev–Trinajstić information content (AvgIpc) is 2.74. The third-order valence-corrected chi connectivity index (χ3v) is 4.34. The Morgan fingerprint density at radius 1 is 0.933 bits per heavy atom. The van der Waals surface area contributed by atoms with Gasteiger partial charge in [-0.15, -0.1) is 0 Å². The molecule has 0 aliphatic rings. The smallest absolute Gasteiger partial charge is 0.325 e. The quantitative estimate of drug-likeness (QED) is 0.445. The number of benzene rings is 2. The highest BCUT2D eigenvalue weighted by molar-refractivity contribution is 6.36. The minimum Gasteiger partial charge on any atom is -0.497 e. The molecule has 0 radical (unpaired) electrons. The number of carbonyl (C=O) groups is 4. The van der Waals surface area contributed by atoms with Gasteiger partial charge < -0.3 is 20.1 Å². The van der Waals surface area contributed by atoms with E-state index < -0.39 is 36.7 Å². The third kappa shape index (κ3) is 7.06. The van der Waals surface area contributed by atoms with Gasteiger partial charge in [0.25, 0.3) is 5.91 Å². The van der Waals surface area contributed by atoms with Crippen LogP contribution in [0.4, 0.5) is 0 Å². The molecule has 0 bridgehead atoms. The summed E-state index contributed by atoms with van der Waals surface area (Å²) in [6.45, 7) is -1.33. The molecular weight excluding hydrogens is 435 g/mol. The van der Waals surface area contributed by atoms with Gasteiger partial charge in [0.1, 0.15) is 12.3 Å². The molecule has 158 valence electrons. The molecule has 0 saturated heterocycles. The number of nitrogens with one attached hydrogen (secondary N) is 2. The van der Waals surface area contributed by atoms with E-state index in [1.54, 1.807) is 24.3 Å². The fraction of sp³-hybridized carbons (Fsp3) is 0.200. The van der Waals surface area contributed by atoms with Crippen molar-refractivity contribution in [3.63, 3.8) is 0 Å². The number of carbonyl (C=O) groups excluding carboxylic acids is 4. The third-order valence-electron chi connectivity index (χ3n) is 3.79. The Labute approximate surface area is 182 Å². The van der Waals surface area contributed by atoms with E-state index in [1.807, 2.05) is 0 Å². The largest absolute Gasteiger partial charge is 0.497 e. The van der Waals surface area contributed by atoms with Crippen molar-refractivity contribution < 1.29 is 28.7 Å². The number of Topliss-reactive ketones (excluding diaryl/α,β-unsaturated/α-hetero) is 1. The maximum atomic E-state index is 12.0. The number of hydrogen-bond donors (Lipinski definition) is 2. The summed E-state index contributed by atoms with van der Waals surface area (Å²) in [5.41, 5.74) is 0.515. The molecule has 0 heterocycles. The molecule has 0 saturated carbocycles. The second kappa shape index (κ2) is 11.2. The summed E-state index contributed by atoms with van der Waals surface area (Å²) in [5.74, 6) is -1.78. The van der Waals surface area contributed by atoms with E-state index in [0.29, 0.717) is 16.3 Å². The lowest BCUT2D eigenvalue weighted by Crippen LogP contribution is -2.39. The van der Waals surface area contributed by atoms with Crippen LogP contribution in [0.25, 0.3) is 0 Å². The summed E-state index contributed by atoms with van der Waals surface area (Å²) < 4.78 is 9.82. The summed E-state index contributed by atoms with van der Waals surface area (Å²) in [6.07, 6.45) is 0. The number of amides is 2. The van der Waals surface area contributed by atoms with Gasteiger partial charge in [-0.05, 0) is 42.5 Å². The average molecular weight is 453 g/mol. The Hall–Kier alpha value is -3.10. The fourth-order valence-corrected chi connectivity index (χ4v) is 2.74. The zero-order valence-corrected chi connectivity index (χ0v) is 17.4. The molecule has 0 fully saturated rings. The fourth-order valence-electron chi connectivity index (χ4n) is 2.23. The Kier molecular flexibility index (Phi) is 8.64. The molecule has 0 aliphatic heterocycles. The van der Waals surface area contributed by atoms with Crippen molar-refractivity contribution in [1.29, 1.82) is 0 Å². The first-order chi connectivity index (χ1) is 14.3. The van der Waals surface area contributed by atoms with E-state index in [2.05, 4.69) is 10.6 Å². The van der Waals surface area contributed by atoms with Gasteiger partial charge in [0.15, 0.2) is 6.61 Å². The van der Waals surface area contributed by atoms with Crippen LogP contribution in [0, 0.1) is 0 Å². The minimum atomic E-state index is -0.816. The molecule has 0 aromatic heterocycles. The number of methoxy groups -OCH3 is 1. The monoisotopic (exact) mass is 452 g/mol. The topological polar surface area (TPSA) is 111 Å². The first kappa shape index (κ1) is 23.2. The highest BCUT2D eigenvalue weighted by atomic mass is 35.5. The standard InChI is InChI=1S/C20H18Cl2N2O6/c1-29-14-5-2-12(3-6-14)20(28)24-9-18(26)23-10-19(27)30-11-17(25)15-7-4-13(21)8-16(15)22/h2-8H,9-11H2,1H3,(H,23,26)(H,24,28). The lowest BCUT2D eigenvalue weighted by molar-refractivity contribution is -0.142. The van der Waals surface area contributed by atoms with Crippen LogP contribution in [-0.2, 0) is 14.3 Å². The van der Waals surface area contributed by atoms with E-state index in [-0.39, 0.29) is 17.1 Å². The lowest BCUT2D eigenvalue weighted by Gasteiger charge is -2.08. The van der Waals surface area contributed by atoms with E-state index in [9.17, 15) is 19.2 Å². The second-order valence-corrected chi connectivity index (χ2v) is 6.74. The van der Waals surface area contributed by atoms with Crippen molar-refractivity contribution in [3.05, 3.63) is 63.6 Å². The van der Waals surface area contributed by atoms with Crippen LogP contribution in [0.2, 0.25) is 10.0 Å². The Morgan fingerprint density at radius 2 is 1.63 bits per heavy atom. The van der Waals surface area contributed by atoms with Crippen molar-refractivity contribution in [2.45, 2.75) is 0 Å². The molecule has 2 amide bonds. The van der Waals surface area contributed by atoms with E-state index in [4.69, 9.17) is 32.7 Å². The predicted molar refractivity (Wildman–Crippen MR) is 110 cm³/mol. The summed E-state index contributed by atoms with van der Waals surface area (Å²) in [4.78, 5) is 47.5. The molecule has 0 spiro atoms. The lowest BCUT2D eigenvalue weighted by atomic mass is 10.1. The van der Waals surface area contributed by atoms with Gasteiger partial charge in [-0.25, -0.2) is 0 Å². The normalized spacial score (nSPS) is 10.1. The van der Waals surface area contributed by atoms with E-state index in [0.717, 1.165) is 0 Å². The Morgan fingerprint density at radius 3 is 2.27 bits per heavy atom. The molecule has 0 atom stereocenters. The van der Waals surface area contributed by atoms with Crippen LogP contribution in [0.1, 0.15) is 20.7 Å². The van der Waals surface area contributed by atoms with Gasteiger partial charge in [-0.2, -0.15) is 0 Å². The minimum absolute atomic E-state index is 0.143. The predicted octanol–water partition coefficient (Wildman–Crippen LogP) is 2.27. The van der Waals surface area contributed by atoms with Crippen LogP contribution in [0.5, 0.6) is 5.75 Å². The molecule has 0 unspecified atom stereocenters. The van der Waals surface area contributed by atoms with Gasteiger partial charge in [0.2, 0.25) is 11.7 Å². The zero-order chi connectivity index (χ0) is 22.1. The van der Waals surface area contributed by atoms with Gasteiger partial charge in [0, 0.05) is 16.1 Å². The first-order valence-corrected chi connectivity index (χ1v) is 9.38. The molecule has 2 aromatic carbocycles. The van der Waals surface area contributed by atoms with E-state index >= 15 is 0 Å². The Balaban J connectivity index is 1.70. The van der Waals surface area contributed by atoms with Crippen LogP contribution in [-0.4, -0.2) is 50.4 Å². The molecule has 10 heteroatoms. The van der Waals surface area contributed by atoms with E-state index in [1.165, 1.54) is 25.3 Å². The molecule has 2 N–H and O–H groups in total. The number of halogens is 2. The van der Waals surface area contributed by atoms with Crippen LogP contribution < -0.4 is 15.4 Å². The highest BCUT2D eigenvalue weighted by Gasteiger charge is 2.14. The summed E-state index contributed by atoms with van der Waals surface area (Å²) >= 11 is 11.7. The highest BCUT2D eigenvalue weighted by Crippen LogP contribution is 2.21. The van der Waals surface area contributed by atoms with Crippen molar-refractivity contribution in [3.8, 4) is 5.75 Å². The van der Waals surface area contributed by atoms with Crippen molar-refractivity contribution in [2.75, 3.05) is 26.8 Å². The number of esters is 1. The number of ketones is 1. The molecular formula is C20H18Cl2N2O6. The van der Waals surface area contributed by atoms with Crippen LogP contribution >= 0.6 is 23.2 Å². The summed E-state index contributed by atoms with van der Waals surface area (Å²) in [6, 6.07) is 10.6. The molecule has 0 aliphatic carbocycles. The molecule has 30 heavy (non-hydrogen) atoms. The Bertz CT molecular complexity index is 947. The SMILES string of the molecule is COc1ccc(C(=O)NCC(=O)NCC(=O)OCC(=O)c2ccc(Cl)cc2Cl)cc1. The second-order valence-electron chi connectivity index (χ2n) is 5.90. The zero-order valence-electron chi connectivity index (χ0n) is 15.9. The summed E-state index contributed by atoms with van der Waals surface area (Å²) in [7, 11) is 1.51. The van der Waals surface area contributed by atoms with Crippen molar-refractivity contribution >= 4 is 46.8 Å². The van der Waals surface area contributed by atoms with Gasteiger partial charge >= 0.3 is 5.97 Å². The van der Waals surface area contributed by atoms with Gasteiger partial charge in [0.05, 0.1) is 18.7 Å². The number of ether oxygens (including phenoxy) is 2. The first-order valence-electron chi connectivity index (χ1n) is 8.63. The van der Waals surface area contributed by atoms with Crippen molar-refractivity contribution in [1.82, 2.24) is 10.6 Å². The van der Waals surface area contributed by atoms with Crippen LogP contribution in [0.3, 0.4) is 0 Å². The molecule has 2 aromatic rings. The molecule has 8 nitrogen and oxygen atoms in total. The van der Waals surface area contributed by atoms with Gasteiger partial charge in [-0.1, -0.05) is 23.2 Å². The van der Waals surface area contributed by atoms with Gasteiger partial charge in [-0.3, -0.25) is 19.2 Å². The maximum absolute atomic E-state index is 12.0. The van der Waals surface area contributed by atoms with Crippen molar-refractivity contribution in [2.24, 2.45) is 0 Å². The maximum Gasteiger partial charge on any atom is 0.325 e. The number of rotatable bonds is 9.